The Labute approximate surface area is 225 Å². The van der Waals surface area contributed by atoms with Crippen LogP contribution in [0.1, 0.15) is 25.8 Å². The molecule has 0 saturated carbocycles. The van der Waals surface area contributed by atoms with Gasteiger partial charge in [0, 0.05) is 45.9 Å². The Morgan fingerprint density at radius 3 is 2.13 bits per heavy atom. The number of ether oxygens (including phenoxy) is 1. The number of esters is 1. The first kappa shape index (κ1) is 29.5. The molecular formula is C25H34N6O8. The number of carbonyl (C=O) groups excluding carboxylic acids is 2. The van der Waals surface area contributed by atoms with Gasteiger partial charge >= 0.3 is 23.2 Å². The molecule has 1 aliphatic heterocycles. The summed E-state index contributed by atoms with van der Waals surface area (Å²) < 4.78 is 6.87. The molecule has 2 aromatic rings. The van der Waals surface area contributed by atoms with Gasteiger partial charge in [0.2, 0.25) is 5.75 Å². The molecule has 0 fully saturated rings. The maximum atomic E-state index is 12.7. The van der Waals surface area contributed by atoms with Crippen molar-refractivity contribution in [3.8, 4) is 5.75 Å². The highest BCUT2D eigenvalue weighted by atomic mass is 16.7. The second kappa shape index (κ2) is 13.2. The van der Waals surface area contributed by atoms with Crippen molar-refractivity contribution in [3.05, 3.63) is 60.8 Å². The third-order valence-electron chi connectivity index (χ3n) is 6.72. The lowest BCUT2D eigenvalue weighted by atomic mass is 10.1. The zero-order chi connectivity index (χ0) is 28.7. The zero-order valence-electron chi connectivity index (χ0n) is 22.6. The minimum Gasteiger partial charge on any atom is -0.408 e. The Bertz CT molecular complexity index is 1320. The number of nitro groups is 1. The molecule has 0 atom stereocenters. The normalized spacial score (nSPS) is 13.3. The number of likely N-dealkylation sites (N-methyl/N-ethyl adjacent to an activating group) is 1. The summed E-state index contributed by atoms with van der Waals surface area (Å²) in [5.41, 5.74) is -0.509. The fraction of sp³-hybridized carbons (Fsp3) is 0.520. The first-order chi connectivity index (χ1) is 18.6. The van der Waals surface area contributed by atoms with Crippen LogP contribution < -0.4 is 21.0 Å². The van der Waals surface area contributed by atoms with Gasteiger partial charge in [0.15, 0.2) is 5.82 Å². The van der Waals surface area contributed by atoms with Gasteiger partial charge in [0.1, 0.15) is 0 Å². The molecule has 212 valence electrons. The van der Waals surface area contributed by atoms with Gasteiger partial charge in [-0.15, -0.1) is 0 Å². The minimum absolute atomic E-state index is 0.0403. The van der Waals surface area contributed by atoms with E-state index < -0.39 is 33.9 Å². The molecule has 0 bridgehead atoms. The van der Waals surface area contributed by atoms with Gasteiger partial charge in [-0.3, -0.25) is 24.0 Å². The molecule has 1 aliphatic rings. The van der Waals surface area contributed by atoms with Crippen LogP contribution in [0.4, 0.5) is 11.5 Å². The SMILES string of the molecule is CCN(CC)CCN(CCCc1ccc([N+](=O)[O-])cc1)CCN1OC(=O)C(=O)Oc2c1n(C)c(=O)n(C)c2=O. The van der Waals surface area contributed by atoms with E-state index in [1.807, 2.05) is 0 Å². The van der Waals surface area contributed by atoms with E-state index in [-0.39, 0.29) is 18.1 Å². The maximum Gasteiger partial charge on any atom is 0.442 e. The number of aryl methyl sites for hydroxylation is 1. The first-order valence-electron chi connectivity index (χ1n) is 12.8. The van der Waals surface area contributed by atoms with E-state index >= 15 is 0 Å². The van der Waals surface area contributed by atoms with Gasteiger partial charge in [-0.05, 0) is 38.0 Å². The molecule has 0 unspecified atom stereocenters. The molecule has 0 amide bonds. The lowest BCUT2D eigenvalue weighted by Crippen LogP contribution is -2.44. The standard InChI is InChI=1S/C25H34N6O8/c1-5-28(6-2)14-15-29(13-7-8-18-9-11-19(12-10-18)31(36)37)16-17-30-21-20(38-23(33)24(34)39-30)22(32)27(4)25(35)26(21)3/h9-12H,5-8,13-17H2,1-4H3. The van der Waals surface area contributed by atoms with E-state index in [4.69, 9.17) is 9.57 Å². The van der Waals surface area contributed by atoms with Crippen molar-refractivity contribution in [1.29, 1.82) is 0 Å². The first-order valence-corrected chi connectivity index (χ1v) is 12.8. The molecule has 1 aromatic heterocycles. The number of benzene rings is 1. The van der Waals surface area contributed by atoms with Crippen LogP contribution in [-0.4, -0.2) is 81.6 Å². The zero-order valence-corrected chi connectivity index (χ0v) is 22.6. The molecule has 1 aromatic carbocycles. The lowest BCUT2D eigenvalue weighted by molar-refractivity contribution is -0.384. The van der Waals surface area contributed by atoms with Gasteiger partial charge in [-0.1, -0.05) is 26.0 Å². The van der Waals surface area contributed by atoms with Crippen LogP contribution in [-0.2, 0) is 34.9 Å². The Morgan fingerprint density at radius 1 is 0.872 bits per heavy atom. The van der Waals surface area contributed by atoms with Crippen molar-refractivity contribution < 1.29 is 24.1 Å². The average molecular weight is 547 g/mol. The van der Waals surface area contributed by atoms with E-state index in [0.717, 1.165) is 45.8 Å². The van der Waals surface area contributed by atoms with Gasteiger partial charge < -0.3 is 19.4 Å². The van der Waals surface area contributed by atoms with Crippen molar-refractivity contribution in [2.45, 2.75) is 26.7 Å². The maximum absolute atomic E-state index is 12.7. The van der Waals surface area contributed by atoms with Gasteiger partial charge in [-0.2, -0.15) is 5.06 Å². The second-order valence-corrected chi connectivity index (χ2v) is 9.12. The van der Waals surface area contributed by atoms with Gasteiger partial charge in [-0.25, -0.2) is 14.4 Å². The highest BCUT2D eigenvalue weighted by Gasteiger charge is 2.35. The smallest absolute Gasteiger partial charge is 0.408 e. The molecule has 3 rings (SSSR count). The number of non-ortho nitro benzene ring substituents is 1. The summed E-state index contributed by atoms with van der Waals surface area (Å²) in [4.78, 5) is 69.7. The Hall–Kier alpha value is -4.04. The third-order valence-corrected chi connectivity index (χ3v) is 6.72. The van der Waals surface area contributed by atoms with Crippen molar-refractivity contribution in [2.24, 2.45) is 14.1 Å². The fourth-order valence-electron chi connectivity index (χ4n) is 4.32. The minimum atomic E-state index is -1.35. The topological polar surface area (TPSA) is 149 Å². The summed E-state index contributed by atoms with van der Waals surface area (Å²) in [5, 5.41) is 12.0. The number of fused-ring (bicyclic) bond motifs is 1. The molecule has 2 heterocycles. The van der Waals surface area contributed by atoms with Crippen molar-refractivity contribution in [3.63, 3.8) is 0 Å². The van der Waals surface area contributed by atoms with E-state index in [9.17, 15) is 29.3 Å². The molecule has 0 spiro atoms. The van der Waals surface area contributed by atoms with Crippen LogP contribution >= 0.6 is 0 Å². The molecule has 39 heavy (non-hydrogen) atoms. The Kier molecular flexibility index (Phi) is 9.95. The van der Waals surface area contributed by atoms with Crippen molar-refractivity contribution >= 4 is 23.4 Å². The number of carbonyl (C=O) groups is 2. The number of rotatable bonds is 13. The van der Waals surface area contributed by atoms with E-state index in [2.05, 4.69) is 23.6 Å². The summed E-state index contributed by atoms with van der Waals surface area (Å²) in [6.45, 7) is 8.52. The number of nitro benzene ring substituents is 1. The summed E-state index contributed by atoms with van der Waals surface area (Å²) in [6.07, 6.45) is 1.46. The summed E-state index contributed by atoms with van der Waals surface area (Å²) >= 11 is 0. The predicted octanol–water partition coefficient (Wildman–Crippen LogP) is 0.452. The molecular weight excluding hydrogens is 512 g/mol. The van der Waals surface area contributed by atoms with Crippen molar-refractivity contribution in [2.75, 3.05) is 50.9 Å². The van der Waals surface area contributed by atoms with Crippen LogP contribution in [0.2, 0.25) is 0 Å². The fourth-order valence-corrected chi connectivity index (χ4v) is 4.32. The number of hydrogen-bond donors (Lipinski definition) is 0. The summed E-state index contributed by atoms with van der Waals surface area (Å²) in [5.74, 6) is -3.22. The molecule has 14 heteroatoms. The number of nitrogens with zero attached hydrogens (tertiary/aromatic N) is 6. The van der Waals surface area contributed by atoms with E-state index in [1.54, 1.807) is 12.1 Å². The van der Waals surface area contributed by atoms with Crippen LogP contribution in [0.15, 0.2) is 33.9 Å². The number of hydroxylamine groups is 1. The van der Waals surface area contributed by atoms with Crippen molar-refractivity contribution in [1.82, 2.24) is 18.9 Å². The Morgan fingerprint density at radius 2 is 1.51 bits per heavy atom. The van der Waals surface area contributed by atoms with Crippen LogP contribution in [0.5, 0.6) is 5.75 Å². The highest BCUT2D eigenvalue weighted by molar-refractivity contribution is 6.30. The number of hydrogen-bond acceptors (Lipinski definition) is 11. The summed E-state index contributed by atoms with van der Waals surface area (Å²) in [6, 6.07) is 6.45. The monoisotopic (exact) mass is 546 g/mol. The quantitative estimate of drug-likeness (QED) is 0.149. The second-order valence-electron chi connectivity index (χ2n) is 9.12. The molecule has 0 saturated heterocycles. The van der Waals surface area contributed by atoms with E-state index in [1.165, 1.54) is 26.2 Å². The molecule has 0 aliphatic carbocycles. The molecule has 0 N–H and O–H groups in total. The molecule has 0 radical (unpaired) electrons. The number of aromatic nitrogens is 2. The van der Waals surface area contributed by atoms with Gasteiger partial charge in [0.25, 0.3) is 5.69 Å². The summed E-state index contributed by atoms with van der Waals surface area (Å²) in [7, 11) is 2.64. The number of anilines is 1. The predicted molar refractivity (Wildman–Crippen MR) is 142 cm³/mol. The third kappa shape index (κ3) is 7.09. The average Bonchev–Trinajstić information content (AvgIpc) is 3.05. The van der Waals surface area contributed by atoms with Crippen LogP contribution in [0.3, 0.4) is 0 Å². The van der Waals surface area contributed by atoms with Gasteiger partial charge in [0.05, 0.1) is 11.5 Å². The Balaban J connectivity index is 1.77. The highest BCUT2D eigenvalue weighted by Crippen LogP contribution is 2.26. The van der Waals surface area contributed by atoms with E-state index in [0.29, 0.717) is 26.1 Å². The lowest BCUT2D eigenvalue weighted by Gasteiger charge is -2.29. The molecule has 14 nitrogen and oxygen atoms in total. The largest absolute Gasteiger partial charge is 0.442 e. The van der Waals surface area contributed by atoms with Crippen LogP contribution in [0, 0.1) is 10.1 Å². The van der Waals surface area contributed by atoms with Crippen LogP contribution in [0.25, 0.3) is 0 Å².